The molecule has 0 N–H and O–H groups in total. The lowest BCUT2D eigenvalue weighted by Gasteiger charge is -2.18. The van der Waals surface area contributed by atoms with Crippen molar-refractivity contribution in [2.75, 3.05) is 23.0 Å². The van der Waals surface area contributed by atoms with E-state index in [1.54, 1.807) is 0 Å². The van der Waals surface area contributed by atoms with Gasteiger partial charge in [0.2, 0.25) is 0 Å². The Labute approximate surface area is 91.4 Å². The van der Waals surface area contributed by atoms with Gasteiger partial charge in [0.25, 0.3) is 0 Å². The highest BCUT2D eigenvalue weighted by Crippen LogP contribution is 2.10. The molecule has 2 atom stereocenters. The Hall–Kier alpha value is 0.660. The molecule has 0 saturated carbocycles. The van der Waals surface area contributed by atoms with E-state index in [0.717, 1.165) is 11.5 Å². The van der Waals surface area contributed by atoms with Crippen LogP contribution in [-0.4, -0.2) is 35.2 Å². The van der Waals surface area contributed by atoms with Crippen molar-refractivity contribution in [1.82, 2.24) is 0 Å². The molecule has 0 rings (SSSR count). The van der Waals surface area contributed by atoms with Crippen molar-refractivity contribution >= 4 is 23.5 Å². The van der Waals surface area contributed by atoms with Gasteiger partial charge in [-0.1, -0.05) is 13.8 Å². The zero-order valence-electron chi connectivity index (χ0n) is 9.21. The summed E-state index contributed by atoms with van der Waals surface area (Å²) >= 11 is 3.90. The highest BCUT2D eigenvalue weighted by molar-refractivity contribution is 7.99. The van der Waals surface area contributed by atoms with E-state index >= 15 is 0 Å². The van der Waals surface area contributed by atoms with Gasteiger partial charge in [0.1, 0.15) is 0 Å². The summed E-state index contributed by atoms with van der Waals surface area (Å²) in [6.45, 7) is 8.70. The lowest BCUT2D eigenvalue weighted by atomic mass is 10.4. The van der Waals surface area contributed by atoms with Crippen LogP contribution in [0.25, 0.3) is 0 Å². The van der Waals surface area contributed by atoms with Gasteiger partial charge in [0, 0.05) is 11.5 Å². The highest BCUT2D eigenvalue weighted by Gasteiger charge is 2.07. The maximum atomic E-state index is 5.81. The van der Waals surface area contributed by atoms with Crippen LogP contribution in [0.2, 0.25) is 0 Å². The molecule has 0 aromatic rings. The fraction of sp³-hybridized carbons (Fsp3) is 1.00. The van der Waals surface area contributed by atoms with Crippen LogP contribution in [0.15, 0.2) is 0 Å². The zero-order valence-corrected chi connectivity index (χ0v) is 10.8. The van der Waals surface area contributed by atoms with Crippen LogP contribution in [0.1, 0.15) is 27.7 Å². The van der Waals surface area contributed by atoms with E-state index in [4.69, 9.17) is 4.74 Å². The largest absolute Gasteiger partial charge is 0.374 e. The van der Waals surface area contributed by atoms with Crippen LogP contribution in [0.3, 0.4) is 0 Å². The molecule has 1 nitrogen and oxygen atoms in total. The third kappa shape index (κ3) is 8.98. The Balaban J connectivity index is 3.35. The van der Waals surface area contributed by atoms with E-state index in [0.29, 0.717) is 12.2 Å². The first-order valence-corrected chi connectivity index (χ1v) is 7.32. The minimum Gasteiger partial charge on any atom is -0.374 e. The predicted molar refractivity (Wildman–Crippen MR) is 66.0 cm³/mol. The summed E-state index contributed by atoms with van der Waals surface area (Å²) in [6, 6.07) is 0. The minimum absolute atomic E-state index is 0.400. The molecule has 0 aromatic carbocycles. The molecule has 0 aromatic heterocycles. The average Bonchev–Trinajstić information content (AvgIpc) is 2.11. The molecule has 0 heterocycles. The summed E-state index contributed by atoms with van der Waals surface area (Å²) in [5.41, 5.74) is 0. The molecule has 0 saturated heterocycles. The Kier molecular flexibility index (Phi) is 9.69. The standard InChI is InChI=1S/C10H22OS2/c1-5-12-7-9(3)11-10(4)8-13-6-2/h9-10H,5-8H2,1-4H3. The Morgan fingerprint density at radius 3 is 1.62 bits per heavy atom. The monoisotopic (exact) mass is 222 g/mol. The van der Waals surface area contributed by atoms with Crippen molar-refractivity contribution < 1.29 is 4.74 Å². The summed E-state index contributed by atoms with van der Waals surface area (Å²) in [4.78, 5) is 0. The second kappa shape index (κ2) is 9.22. The van der Waals surface area contributed by atoms with Gasteiger partial charge >= 0.3 is 0 Å². The summed E-state index contributed by atoms with van der Waals surface area (Å²) in [5, 5.41) is 0. The van der Waals surface area contributed by atoms with Crippen molar-refractivity contribution in [1.29, 1.82) is 0 Å². The quantitative estimate of drug-likeness (QED) is 0.624. The average molecular weight is 222 g/mol. The molecule has 0 amide bonds. The molecule has 80 valence electrons. The van der Waals surface area contributed by atoms with Crippen molar-refractivity contribution in [3.05, 3.63) is 0 Å². The molecule has 0 aliphatic rings. The summed E-state index contributed by atoms with van der Waals surface area (Å²) in [5.74, 6) is 4.62. The molecule has 0 radical (unpaired) electrons. The summed E-state index contributed by atoms with van der Waals surface area (Å²) in [7, 11) is 0. The van der Waals surface area contributed by atoms with Crippen molar-refractivity contribution in [2.24, 2.45) is 0 Å². The van der Waals surface area contributed by atoms with Crippen molar-refractivity contribution in [3.63, 3.8) is 0 Å². The minimum atomic E-state index is 0.400. The third-order valence-corrected chi connectivity index (χ3v) is 3.80. The first kappa shape index (κ1) is 13.7. The van der Waals surface area contributed by atoms with Crippen molar-refractivity contribution in [2.45, 2.75) is 39.9 Å². The maximum absolute atomic E-state index is 5.81. The molecule has 0 bridgehead atoms. The molecule has 3 heteroatoms. The van der Waals surface area contributed by atoms with Gasteiger partial charge in [-0.15, -0.1) is 0 Å². The van der Waals surface area contributed by atoms with Crippen LogP contribution in [0.5, 0.6) is 0 Å². The zero-order chi connectivity index (χ0) is 10.1. The lowest BCUT2D eigenvalue weighted by Crippen LogP contribution is -2.21. The number of hydrogen-bond donors (Lipinski definition) is 0. The topological polar surface area (TPSA) is 9.23 Å². The highest BCUT2D eigenvalue weighted by atomic mass is 32.2. The Bertz CT molecular complexity index is 97.1. The molecule has 0 spiro atoms. The fourth-order valence-corrected chi connectivity index (χ4v) is 2.34. The van der Waals surface area contributed by atoms with Crippen LogP contribution in [0.4, 0.5) is 0 Å². The lowest BCUT2D eigenvalue weighted by molar-refractivity contribution is 0.0354. The number of thioether (sulfide) groups is 2. The van der Waals surface area contributed by atoms with Crippen LogP contribution >= 0.6 is 23.5 Å². The van der Waals surface area contributed by atoms with E-state index in [1.165, 1.54) is 11.5 Å². The summed E-state index contributed by atoms with van der Waals surface area (Å²) in [6.07, 6.45) is 0.801. The molecular formula is C10H22OS2. The Morgan fingerprint density at radius 2 is 1.31 bits per heavy atom. The maximum Gasteiger partial charge on any atom is 0.0641 e. The molecule has 0 aliphatic carbocycles. The van der Waals surface area contributed by atoms with Gasteiger partial charge in [-0.3, -0.25) is 0 Å². The molecule has 0 aliphatic heterocycles. The fourth-order valence-electron chi connectivity index (χ4n) is 1.04. The van der Waals surface area contributed by atoms with Gasteiger partial charge in [-0.05, 0) is 25.4 Å². The summed E-state index contributed by atoms with van der Waals surface area (Å²) < 4.78 is 5.81. The van der Waals surface area contributed by atoms with Crippen LogP contribution < -0.4 is 0 Å². The van der Waals surface area contributed by atoms with Gasteiger partial charge in [-0.2, -0.15) is 23.5 Å². The van der Waals surface area contributed by atoms with Gasteiger partial charge < -0.3 is 4.74 Å². The van der Waals surface area contributed by atoms with Gasteiger partial charge in [0.05, 0.1) is 12.2 Å². The van der Waals surface area contributed by atoms with E-state index in [2.05, 4.69) is 27.7 Å². The van der Waals surface area contributed by atoms with Crippen molar-refractivity contribution in [3.8, 4) is 0 Å². The first-order chi connectivity index (χ1) is 6.20. The SMILES string of the molecule is CCSCC(C)OC(C)CSCC. The predicted octanol–water partition coefficient (Wildman–Crippen LogP) is 3.29. The van der Waals surface area contributed by atoms with Crippen LogP contribution in [-0.2, 0) is 4.74 Å². The molecule has 13 heavy (non-hydrogen) atoms. The Morgan fingerprint density at radius 1 is 0.923 bits per heavy atom. The van der Waals surface area contributed by atoms with Gasteiger partial charge in [0.15, 0.2) is 0 Å². The number of hydrogen-bond acceptors (Lipinski definition) is 3. The second-order valence-corrected chi connectivity index (χ2v) is 5.71. The second-order valence-electron chi connectivity index (χ2n) is 3.08. The van der Waals surface area contributed by atoms with E-state index in [-0.39, 0.29) is 0 Å². The van der Waals surface area contributed by atoms with Crippen LogP contribution in [0, 0.1) is 0 Å². The first-order valence-electron chi connectivity index (χ1n) is 5.01. The molecule has 0 fully saturated rings. The smallest absolute Gasteiger partial charge is 0.0641 e. The van der Waals surface area contributed by atoms with Gasteiger partial charge in [-0.25, -0.2) is 0 Å². The molecular weight excluding hydrogens is 200 g/mol. The number of rotatable bonds is 8. The number of ether oxygens (including phenoxy) is 1. The van der Waals surface area contributed by atoms with E-state index in [1.807, 2.05) is 23.5 Å². The van der Waals surface area contributed by atoms with E-state index < -0.39 is 0 Å². The van der Waals surface area contributed by atoms with E-state index in [9.17, 15) is 0 Å². The normalized spacial score (nSPS) is 15.7. The molecule has 2 unspecified atom stereocenters. The third-order valence-electron chi connectivity index (χ3n) is 1.58.